The average Bonchev–Trinajstić information content (AvgIpc) is 2.88. The minimum absolute atomic E-state index is 0.171. The van der Waals surface area contributed by atoms with Crippen molar-refractivity contribution in [2.75, 3.05) is 20.2 Å². The number of likely N-dealkylation sites (tertiary alicyclic amines) is 1. The van der Waals surface area contributed by atoms with Gasteiger partial charge in [-0.15, -0.1) is 0 Å². The summed E-state index contributed by atoms with van der Waals surface area (Å²) < 4.78 is 5.90. The van der Waals surface area contributed by atoms with Crippen LogP contribution in [-0.4, -0.2) is 36.1 Å². The number of hydrogen-bond donors (Lipinski definition) is 0. The molecule has 1 atom stereocenters. The van der Waals surface area contributed by atoms with E-state index in [9.17, 15) is 0 Å². The van der Waals surface area contributed by atoms with Gasteiger partial charge in [0.15, 0.2) is 0 Å². The highest BCUT2D eigenvalue weighted by molar-refractivity contribution is 6.30. The van der Waals surface area contributed by atoms with E-state index in [1.165, 1.54) is 12.8 Å². The van der Waals surface area contributed by atoms with E-state index in [2.05, 4.69) is 43.8 Å². The molecule has 0 amide bonds. The molecule has 23 heavy (non-hydrogen) atoms. The summed E-state index contributed by atoms with van der Waals surface area (Å²) in [5.74, 6) is 0.772. The lowest BCUT2D eigenvalue weighted by atomic mass is 9.96. The monoisotopic (exact) mass is 334 g/mol. The van der Waals surface area contributed by atoms with Gasteiger partial charge in [-0.25, -0.2) is 4.98 Å². The van der Waals surface area contributed by atoms with E-state index in [1.807, 2.05) is 24.3 Å². The molecule has 1 aromatic heterocycles. The molecule has 0 bridgehead atoms. The van der Waals surface area contributed by atoms with Gasteiger partial charge >= 0.3 is 0 Å². The van der Waals surface area contributed by atoms with Crippen LogP contribution in [0.1, 0.15) is 39.2 Å². The van der Waals surface area contributed by atoms with Gasteiger partial charge in [-0.3, -0.25) is 0 Å². The second-order valence-corrected chi connectivity index (χ2v) is 7.58. The molecule has 0 aliphatic carbocycles. The highest BCUT2D eigenvalue weighted by Crippen LogP contribution is 2.22. The van der Waals surface area contributed by atoms with Crippen molar-refractivity contribution in [1.29, 1.82) is 0 Å². The summed E-state index contributed by atoms with van der Waals surface area (Å²) in [5.41, 5.74) is 1.05. The van der Waals surface area contributed by atoms with Crippen LogP contribution in [0.2, 0.25) is 5.15 Å². The second kappa shape index (κ2) is 7.98. The van der Waals surface area contributed by atoms with Gasteiger partial charge in [-0.2, -0.15) is 0 Å². The van der Waals surface area contributed by atoms with Gasteiger partial charge in [0, 0.05) is 11.6 Å². The first-order valence-electron chi connectivity index (χ1n) is 8.20. The molecule has 1 aromatic rings. The quantitative estimate of drug-likeness (QED) is 0.570. The molecular weight excluding hydrogens is 308 g/mol. The Balaban J connectivity index is 1.98. The Hall–Kier alpha value is -1.32. The summed E-state index contributed by atoms with van der Waals surface area (Å²) in [7, 11) is 2.15. The predicted octanol–water partition coefficient (Wildman–Crippen LogP) is 4.82. The number of aromatic nitrogens is 1. The van der Waals surface area contributed by atoms with Crippen LogP contribution in [0.5, 0.6) is 5.75 Å². The van der Waals surface area contributed by atoms with Gasteiger partial charge in [0.25, 0.3) is 0 Å². The Morgan fingerprint density at radius 2 is 2.17 bits per heavy atom. The van der Waals surface area contributed by atoms with Crippen molar-refractivity contribution in [3.8, 4) is 5.75 Å². The first-order valence-corrected chi connectivity index (χ1v) is 8.57. The molecule has 0 saturated carbocycles. The maximum atomic E-state index is 6.17. The van der Waals surface area contributed by atoms with Crippen LogP contribution in [0.25, 0.3) is 6.08 Å². The lowest BCUT2D eigenvalue weighted by Crippen LogP contribution is -2.30. The Morgan fingerprint density at radius 1 is 1.39 bits per heavy atom. The molecule has 0 unspecified atom stereocenters. The molecule has 0 radical (unpaired) electrons. The zero-order valence-electron chi connectivity index (χ0n) is 14.6. The summed E-state index contributed by atoms with van der Waals surface area (Å²) >= 11 is 6.17. The van der Waals surface area contributed by atoms with Crippen molar-refractivity contribution in [1.82, 2.24) is 9.88 Å². The number of hydrogen-bond acceptors (Lipinski definition) is 3. The molecule has 1 aliphatic rings. The third kappa shape index (κ3) is 6.00. The minimum atomic E-state index is 0.171. The summed E-state index contributed by atoms with van der Waals surface area (Å²) in [6.45, 7) is 8.36. The summed E-state index contributed by atoms with van der Waals surface area (Å²) in [6, 6.07) is 2.45. The molecule has 1 fully saturated rings. The third-order valence-corrected chi connectivity index (χ3v) is 4.25. The normalized spacial score (nSPS) is 20.0. The van der Waals surface area contributed by atoms with E-state index in [0.717, 1.165) is 17.9 Å². The first kappa shape index (κ1) is 18.0. The SMILES string of the molecule is CN1CCC[C@H]1COc1cnc(Cl)c(/C=C/C=C/C(C)(C)C)c1. The summed E-state index contributed by atoms with van der Waals surface area (Å²) in [5, 5.41) is 0.496. The van der Waals surface area contributed by atoms with Gasteiger partial charge < -0.3 is 9.64 Å². The van der Waals surface area contributed by atoms with E-state index < -0.39 is 0 Å². The van der Waals surface area contributed by atoms with Crippen LogP contribution < -0.4 is 4.74 Å². The standard InChI is InChI=1S/C19H27ClN2O/c1-19(2,3)10-6-5-8-15-12-17(13-21-18(15)20)23-14-16-9-7-11-22(16)4/h5-6,8,10,12-13,16H,7,9,11,14H2,1-4H3/b8-5+,10-6+/t16-/m0/s1. The molecule has 2 heterocycles. The summed E-state index contributed by atoms with van der Waals surface area (Å²) in [4.78, 5) is 6.57. The molecule has 4 heteroatoms. The lowest BCUT2D eigenvalue weighted by molar-refractivity contribution is 0.198. The maximum absolute atomic E-state index is 6.17. The van der Waals surface area contributed by atoms with Crippen LogP contribution in [0, 0.1) is 5.41 Å². The Bertz CT molecular complexity index is 575. The maximum Gasteiger partial charge on any atom is 0.138 e. The fourth-order valence-electron chi connectivity index (χ4n) is 2.53. The number of ether oxygens (including phenoxy) is 1. The smallest absolute Gasteiger partial charge is 0.138 e. The summed E-state index contributed by atoms with van der Waals surface area (Å²) in [6.07, 6.45) is 12.3. The third-order valence-electron chi connectivity index (χ3n) is 3.94. The second-order valence-electron chi connectivity index (χ2n) is 7.22. The van der Waals surface area contributed by atoms with Gasteiger partial charge in [0.05, 0.1) is 6.20 Å². The topological polar surface area (TPSA) is 25.4 Å². The Morgan fingerprint density at radius 3 is 2.83 bits per heavy atom. The molecular formula is C19H27ClN2O. The van der Waals surface area contributed by atoms with E-state index >= 15 is 0 Å². The molecule has 0 spiro atoms. The molecule has 2 rings (SSSR count). The Labute approximate surface area is 145 Å². The van der Waals surface area contributed by atoms with Crippen molar-refractivity contribution < 1.29 is 4.74 Å². The van der Waals surface area contributed by atoms with Gasteiger partial charge in [0.2, 0.25) is 0 Å². The van der Waals surface area contributed by atoms with Crippen molar-refractivity contribution in [3.05, 3.63) is 41.2 Å². The van der Waals surface area contributed by atoms with Crippen molar-refractivity contribution >= 4 is 17.7 Å². The Kier molecular flexibility index (Phi) is 6.25. The number of rotatable bonds is 5. The lowest BCUT2D eigenvalue weighted by Gasteiger charge is -2.19. The van der Waals surface area contributed by atoms with Crippen LogP contribution in [0.3, 0.4) is 0 Å². The molecule has 3 nitrogen and oxygen atoms in total. The number of pyridine rings is 1. The highest BCUT2D eigenvalue weighted by Gasteiger charge is 2.21. The van der Waals surface area contributed by atoms with Crippen molar-refractivity contribution in [3.63, 3.8) is 0 Å². The van der Waals surface area contributed by atoms with Gasteiger partial charge in [-0.1, -0.05) is 56.7 Å². The zero-order valence-corrected chi connectivity index (χ0v) is 15.3. The van der Waals surface area contributed by atoms with Gasteiger partial charge in [-0.05, 0) is 37.9 Å². The van der Waals surface area contributed by atoms with Crippen LogP contribution in [-0.2, 0) is 0 Å². The van der Waals surface area contributed by atoms with Gasteiger partial charge in [0.1, 0.15) is 17.5 Å². The fourth-order valence-corrected chi connectivity index (χ4v) is 2.69. The number of allylic oxidation sites excluding steroid dienone is 3. The van der Waals surface area contributed by atoms with E-state index in [4.69, 9.17) is 16.3 Å². The van der Waals surface area contributed by atoms with Crippen molar-refractivity contribution in [2.45, 2.75) is 39.7 Å². The largest absolute Gasteiger partial charge is 0.490 e. The predicted molar refractivity (Wildman–Crippen MR) is 98.0 cm³/mol. The van der Waals surface area contributed by atoms with Crippen molar-refractivity contribution in [2.24, 2.45) is 5.41 Å². The molecule has 0 aromatic carbocycles. The van der Waals surface area contributed by atoms with E-state index in [1.54, 1.807) is 6.20 Å². The van der Waals surface area contributed by atoms with E-state index in [0.29, 0.717) is 17.8 Å². The molecule has 1 saturated heterocycles. The number of likely N-dealkylation sites (N-methyl/N-ethyl adjacent to an activating group) is 1. The molecule has 0 N–H and O–H groups in total. The minimum Gasteiger partial charge on any atom is -0.490 e. The average molecular weight is 335 g/mol. The van der Waals surface area contributed by atoms with Crippen LogP contribution in [0.15, 0.2) is 30.5 Å². The molecule has 126 valence electrons. The van der Waals surface area contributed by atoms with Crippen LogP contribution in [0.4, 0.5) is 0 Å². The fraction of sp³-hybridized carbons (Fsp3) is 0.526. The molecule has 1 aliphatic heterocycles. The van der Waals surface area contributed by atoms with Crippen LogP contribution >= 0.6 is 11.6 Å². The number of halogens is 1. The number of nitrogens with zero attached hydrogens (tertiary/aromatic N) is 2. The highest BCUT2D eigenvalue weighted by atomic mass is 35.5. The zero-order chi connectivity index (χ0) is 16.9. The van der Waals surface area contributed by atoms with E-state index in [-0.39, 0.29) is 5.41 Å². The first-order chi connectivity index (χ1) is 10.8.